The molecule has 136 valence electrons. The highest BCUT2D eigenvalue weighted by molar-refractivity contribution is 5.85. The lowest BCUT2D eigenvalue weighted by molar-refractivity contribution is -0.174. The van der Waals surface area contributed by atoms with E-state index in [4.69, 9.17) is 10.5 Å². The normalized spacial score (nSPS) is 12.0. The van der Waals surface area contributed by atoms with E-state index in [2.05, 4.69) is 4.74 Å². The van der Waals surface area contributed by atoms with Crippen molar-refractivity contribution in [2.75, 3.05) is 6.61 Å². The molecule has 4 nitrogen and oxygen atoms in total. The van der Waals surface area contributed by atoms with Gasteiger partial charge in [-0.2, -0.15) is 8.78 Å². The minimum absolute atomic E-state index is 0. The van der Waals surface area contributed by atoms with Gasteiger partial charge in [-0.05, 0) is 30.2 Å². The van der Waals surface area contributed by atoms with Crippen LogP contribution in [0.5, 0.6) is 5.75 Å². The average Bonchev–Trinajstić information content (AvgIpc) is 2.60. The molecule has 0 spiro atoms. The van der Waals surface area contributed by atoms with Gasteiger partial charge in [0.25, 0.3) is 0 Å². The summed E-state index contributed by atoms with van der Waals surface area (Å²) in [6.45, 7) is 1.62. The summed E-state index contributed by atoms with van der Waals surface area (Å²) in [5.41, 5.74) is 6.62. The van der Waals surface area contributed by atoms with Crippen LogP contribution in [0, 0.1) is 0 Å². The maximum Gasteiger partial charge on any atom is 0.379 e. The number of hydrogen-bond acceptors (Lipinski definition) is 4. The van der Waals surface area contributed by atoms with E-state index in [1.165, 1.54) is 19.1 Å². The van der Waals surface area contributed by atoms with Gasteiger partial charge >= 0.3 is 11.9 Å². The molecule has 0 bridgehead atoms. The van der Waals surface area contributed by atoms with E-state index in [1.54, 1.807) is 12.1 Å². The van der Waals surface area contributed by atoms with Crippen LogP contribution in [0.1, 0.15) is 24.1 Å². The molecule has 0 aliphatic rings. The van der Waals surface area contributed by atoms with Gasteiger partial charge in [0.15, 0.2) is 0 Å². The molecule has 0 amide bonds. The molecule has 1 atom stereocenters. The second kappa shape index (κ2) is 9.34. The Kier molecular flexibility index (Phi) is 7.80. The first-order chi connectivity index (χ1) is 11.4. The molecule has 0 aromatic heterocycles. The molecule has 2 N–H and O–H groups in total. The highest BCUT2D eigenvalue weighted by Crippen LogP contribution is 2.32. The molecule has 0 saturated carbocycles. The van der Waals surface area contributed by atoms with Crippen LogP contribution in [0.4, 0.5) is 8.78 Å². The topological polar surface area (TPSA) is 61.5 Å². The summed E-state index contributed by atoms with van der Waals surface area (Å²) in [5, 5.41) is 0. The van der Waals surface area contributed by atoms with Crippen molar-refractivity contribution in [1.29, 1.82) is 0 Å². The van der Waals surface area contributed by atoms with E-state index in [-0.39, 0.29) is 24.6 Å². The molecule has 7 heteroatoms. The molecular weight excluding hydrogens is 352 g/mol. The van der Waals surface area contributed by atoms with E-state index in [1.807, 2.05) is 30.3 Å². The molecule has 2 aromatic rings. The van der Waals surface area contributed by atoms with Gasteiger partial charge in [-0.25, -0.2) is 4.79 Å². The van der Waals surface area contributed by atoms with Gasteiger partial charge in [0.2, 0.25) is 0 Å². The fourth-order valence-corrected chi connectivity index (χ4v) is 2.10. The average molecular weight is 372 g/mol. The van der Waals surface area contributed by atoms with Gasteiger partial charge in [0.05, 0.1) is 6.61 Å². The molecule has 0 fully saturated rings. The van der Waals surface area contributed by atoms with Crippen LogP contribution in [-0.4, -0.2) is 18.5 Å². The van der Waals surface area contributed by atoms with E-state index >= 15 is 0 Å². The number of ether oxygens (including phenoxy) is 2. The molecule has 0 aliphatic carbocycles. The number of esters is 1. The standard InChI is InChI=1S/C18H19F2NO3.ClH/c1-2-23-17(22)18(19,20)16(21)14-9-6-10-15(11-14)24-12-13-7-4-3-5-8-13;/h3-11,16H,2,12,21H2,1H3;1H/t16-;/m1./s1. The van der Waals surface area contributed by atoms with Gasteiger partial charge in [0.1, 0.15) is 18.4 Å². The summed E-state index contributed by atoms with van der Waals surface area (Å²) < 4.78 is 38.0. The number of carbonyl (C=O) groups excluding carboxylic acids is 1. The third kappa shape index (κ3) is 5.41. The summed E-state index contributed by atoms with van der Waals surface area (Å²) in [5.74, 6) is -5.05. The Hall–Kier alpha value is -2.18. The van der Waals surface area contributed by atoms with Crippen LogP contribution in [0.2, 0.25) is 0 Å². The molecule has 2 rings (SSSR count). The first-order valence-electron chi connectivity index (χ1n) is 7.52. The first-order valence-corrected chi connectivity index (χ1v) is 7.52. The van der Waals surface area contributed by atoms with Crippen molar-refractivity contribution in [1.82, 2.24) is 0 Å². The fraction of sp³-hybridized carbons (Fsp3) is 0.278. The van der Waals surface area contributed by atoms with Crippen LogP contribution in [0.25, 0.3) is 0 Å². The summed E-state index contributed by atoms with van der Waals surface area (Å²) in [7, 11) is 0. The summed E-state index contributed by atoms with van der Waals surface area (Å²) in [6, 6.07) is 13.6. The third-order valence-electron chi connectivity index (χ3n) is 3.40. The van der Waals surface area contributed by atoms with Gasteiger partial charge in [0, 0.05) is 0 Å². The Morgan fingerprint density at radius 3 is 2.48 bits per heavy atom. The molecule has 0 aliphatic heterocycles. The van der Waals surface area contributed by atoms with Crippen LogP contribution >= 0.6 is 12.4 Å². The highest BCUT2D eigenvalue weighted by Gasteiger charge is 2.47. The SMILES string of the molecule is CCOC(=O)C(F)(F)[C@H](N)c1cccc(OCc2ccccc2)c1.Cl. The molecule has 0 unspecified atom stereocenters. The fourth-order valence-electron chi connectivity index (χ4n) is 2.10. The Balaban J connectivity index is 0.00000312. The van der Waals surface area contributed by atoms with Crippen LogP contribution in [0.15, 0.2) is 54.6 Å². The predicted molar refractivity (Wildman–Crippen MR) is 93.0 cm³/mol. The van der Waals surface area contributed by atoms with E-state index < -0.39 is 17.9 Å². The summed E-state index contributed by atoms with van der Waals surface area (Å²) in [4.78, 5) is 11.4. The number of alkyl halides is 2. The second-order valence-corrected chi connectivity index (χ2v) is 5.17. The first kappa shape index (κ1) is 20.9. The zero-order chi connectivity index (χ0) is 17.6. The smallest absolute Gasteiger partial charge is 0.379 e. The number of carbonyl (C=O) groups is 1. The number of halogens is 3. The quantitative estimate of drug-likeness (QED) is 0.750. The molecule has 25 heavy (non-hydrogen) atoms. The predicted octanol–water partition coefficient (Wildman–Crippen LogP) is 3.89. The number of rotatable bonds is 7. The monoisotopic (exact) mass is 371 g/mol. The molecule has 0 heterocycles. The highest BCUT2D eigenvalue weighted by atomic mass is 35.5. The third-order valence-corrected chi connectivity index (χ3v) is 3.40. The van der Waals surface area contributed by atoms with Crippen molar-refractivity contribution in [2.24, 2.45) is 5.73 Å². The molecule has 0 radical (unpaired) electrons. The second-order valence-electron chi connectivity index (χ2n) is 5.17. The van der Waals surface area contributed by atoms with Crippen molar-refractivity contribution < 1.29 is 23.0 Å². The van der Waals surface area contributed by atoms with Gasteiger partial charge in [-0.1, -0.05) is 42.5 Å². The van der Waals surface area contributed by atoms with Crippen molar-refractivity contribution >= 4 is 18.4 Å². The van der Waals surface area contributed by atoms with E-state index in [9.17, 15) is 13.6 Å². The van der Waals surface area contributed by atoms with Crippen molar-refractivity contribution in [3.63, 3.8) is 0 Å². The maximum absolute atomic E-state index is 14.0. The van der Waals surface area contributed by atoms with Crippen LogP contribution in [-0.2, 0) is 16.1 Å². The van der Waals surface area contributed by atoms with Gasteiger partial charge in [-0.15, -0.1) is 12.4 Å². The molecule has 2 aromatic carbocycles. The van der Waals surface area contributed by atoms with Crippen molar-refractivity contribution in [2.45, 2.75) is 25.5 Å². The Bertz CT molecular complexity index is 683. The van der Waals surface area contributed by atoms with Crippen LogP contribution in [0.3, 0.4) is 0 Å². The lowest BCUT2D eigenvalue weighted by Gasteiger charge is -2.22. The number of nitrogens with two attached hydrogens (primary N) is 1. The minimum Gasteiger partial charge on any atom is -0.489 e. The molecular formula is C18H20ClF2NO3. The van der Waals surface area contributed by atoms with Crippen molar-refractivity contribution in [3.05, 3.63) is 65.7 Å². The number of benzene rings is 2. The Labute approximate surface area is 151 Å². The Morgan fingerprint density at radius 2 is 1.84 bits per heavy atom. The zero-order valence-electron chi connectivity index (χ0n) is 13.7. The Morgan fingerprint density at radius 1 is 1.16 bits per heavy atom. The lowest BCUT2D eigenvalue weighted by Crippen LogP contribution is -2.41. The van der Waals surface area contributed by atoms with Crippen LogP contribution < -0.4 is 10.5 Å². The molecule has 0 saturated heterocycles. The van der Waals surface area contributed by atoms with E-state index in [0.29, 0.717) is 12.4 Å². The maximum atomic E-state index is 14.0. The number of hydrogen-bond donors (Lipinski definition) is 1. The largest absolute Gasteiger partial charge is 0.489 e. The van der Waals surface area contributed by atoms with Gasteiger partial charge in [-0.3, -0.25) is 0 Å². The minimum atomic E-state index is -3.81. The summed E-state index contributed by atoms with van der Waals surface area (Å²) >= 11 is 0. The van der Waals surface area contributed by atoms with E-state index in [0.717, 1.165) is 5.56 Å². The van der Waals surface area contributed by atoms with Gasteiger partial charge < -0.3 is 15.2 Å². The van der Waals surface area contributed by atoms with Crippen molar-refractivity contribution in [3.8, 4) is 5.75 Å². The summed E-state index contributed by atoms with van der Waals surface area (Å²) in [6.07, 6.45) is 0. The zero-order valence-corrected chi connectivity index (χ0v) is 14.5. The lowest BCUT2D eigenvalue weighted by atomic mass is 10.0.